The average molecular weight is 316 g/mol. The zero-order chi connectivity index (χ0) is 15.4. The van der Waals surface area contributed by atoms with E-state index in [1.54, 1.807) is 30.5 Å². The average Bonchev–Trinajstić information content (AvgIpc) is 2.96. The molecule has 2 aromatic rings. The van der Waals surface area contributed by atoms with Crippen LogP contribution in [0.2, 0.25) is 5.02 Å². The highest BCUT2D eigenvalue weighted by Crippen LogP contribution is 2.14. The van der Waals surface area contributed by atoms with Gasteiger partial charge in [0.2, 0.25) is 0 Å². The predicted molar refractivity (Wildman–Crippen MR) is 86.8 cm³/mol. The van der Waals surface area contributed by atoms with Crippen LogP contribution in [0, 0.1) is 0 Å². The number of nitrogens with zero attached hydrogens (tertiary/aromatic N) is 2. The molecule has 2 heterocycles. The Morgan fingerprint density at radius 1 is 1.32 bits per heavy atom. The number of aromatic nitrogens is 1. The molecule has 0 spiro atoms. The lowest BCUT2D eigenvalue weighted by Gasteiger charge is -2.16. The quantitative estimate of drug-likeness (QED) is 0.943. The lowest BCUT2D eigenvalue weighted by atomic mass is 10.2. The van der Waals surface area contributed by atoms with Crippen molar-refractivity contribution in [3.63, 3.8) is 0 Å². The van der Waals surface area contributed by atoms with Crippen molar-refractivity contribution in [2.45, 2.75) is 19.0 Å². The highest BCUT2D eigenvalue weighted by molar-refractivity contribution is 6.30. The predicted octanol–water partition coefficient (Wildman–Crippen LogP) is 2.74. The van der Waals surface area contributed by atoms with Gasteiger partial charge in [0.25, 0.3) is 5.91 Å². The molecule has 1 N–H and O–H groups in total. The fourth-order valence-corrected chi connectivity index (χ4v) is 2.84. The molecule has 0 aliphatic carbocycles. The first kappa shape index (κ1) is 15.0. The number of benzene rings is 1. The number of carbonyl (C=O) groups is 1. The summed E-state index contributed by atoms with van der Waals surface area (Å²) in [7, 11) is 0. The van der Waals surface area contributed by atoms with Crippen LogP contribution in [0.15, 0.2) is 48.8 Å². The minimum absolute atomic E-state index is 0.0371. The molecule has 1 fully saturated rings. The van der Waals surface area contributed by atoms with E-state index in [9.17, 15) is 4.79 Å². The summed E-state index contributed by atoms with van der Waals surface area (Å²) in [4.78, 5) is 18.7. The van der Waals surface area contributed by atoms with Crippen LogP contribution in [0.5, 0.6) is 0 Å². The summed E-state index contributed by atoms with van der Waals surface area (Å²) < 4.78 is 0. The van der Waals surface area contributed by atoms with Crippen molar-refractivity contribution < 1.29 is 4.79 Å². The lowest BCUT2D eigenvalue weighted by Crippen LogP contribution is -2.36. The molecule has 1 saturated heterocycles. The van der Waals surface area contributed by atoms with Gasteiger partial charge in [-0.15, -0.1) is 0 Å². The molecule has 4 nitrogen and oxygen atoms in total. The van der Waals surface area contributed by atoms with Crippen molar-refractivity contribution in [1.29, 1.82) is 0 Å². The second-order valence-electron chi connectivity index (χ2n) is 5.56. The number of amides is 1. The topological polar surface area (TPSA) is 45.2 Å². The van der Waals surface area contributed by atoms with E-state index in [0.29, 0.717) is 10.6 Å². The largest absolute Gasteiger partial charge is 0.348 e. The normalized spacial score (nSPS) is 18.3. The molecule has 1 amide bonds. The van der Waals surface area contributed by atoms with Crippen LogP contribution < -0.4 is 5.32 Å². The minimum atomic E-state index is -0.0371. The Morgan fingerprint density at radius 2 is 2.14 bits per heavy atom. The molecule has 5 heteroatoms. The fourth-order valence-electron chi connectivity index (χ4n) is 2.71. The van der Waals surface area contributed by atoms with E-state index in [1.807, 2.05) is 12.3 Å². The van der Waals surface area contributed by atoms with Crippen molar-refractivity contribution in [1.82, 2.24) is 15.2 Å². The van der Waals surface area contributed by atoms with E-state index in [4.69, 9.17) is 11.6 Å². The number of hydrogen-bond donors (Lipinski definition) is 1. The SMILES string of the molecule is O=C(NC1CCN(Cc2cccnc2)C1)c1ccc(Cl)cc1. The van der Waals surface area contributed by atoms with Gasteiger partial charge in [-0.3, -0.25) is 14.7 Å². The molecular formula is C17H18ClN3O. The van der Waals surface area contributed by atoms with Crippen molar-refractivity contribution in [3.8, 4) is 0 Å². The Balaban J connectivity index is 1.52. The van der Waals surface area contributed by atoms with Gasteiger partial charge in [-0.25, -0.2) is 0 Å². The van der Waals surface area contributed by atoms with Gasteiger partial charge in [0, 0.05) is 48.7 Å². The van der Waals surface area contributed by atoms with E-state index >= 15 is 0 Å². The Labute approximate surface area is 135 Å². The summed E-state index contributed by atoms with van der Waals surface area (Å²) in [6.45, 7) is 2.73. The number of hydrogen-bond acceptors (Lipinski definition) is 3. The third-order valence-corrected chi connectivity index (χ3v) is 4.09. The molecule has 1 aliphatic heterocycles. The monoisotopic (exact) mass is 315 g/mol. The third-order valence-electron chi connectivity index (χ3n) is 3.84. The number of rotatable bonds is 4. The number of pyridine rings is 1. The van der Waals surface area contributed by atoms with Crippen molar-refractivity contribution in [3.05, 3.63) is 64.9 Å². The molecule has 3 rings (SSSR count). The molecule has 1 aromatic heterocycles. The van der Waals surface area contributed by atoms with Crippen LogP contribution in [0.1, 0.15) is 22.3 Å². The summed E-state index contributed by atoms with van der Waals surface area (Å²) in [6, 6.07) is 11.2. The second kappa shape index (κ2) is 6.90. The Kier molecular flexibility index (Phi) is 4.71. The fraction of sp³-hybridized carbons (Fsp3) is 0.294. The molecule has 0 saturated carbocycles. The molecular weight excluding hydrogens is 298 g/mol. The van der Waals surface area contributed by atoms with Crippen molar-refractivity contribution >= 4 is 17.5 Å². The number of carbonyl (C=O) groups excluding carboxylic acids is 1. The molecule has 114 valence electrons. The number of likely N-dealkylation sites (tertiary alicyclic amines) is 1. The second-order valence-corrected chi connectivity index (χ2v) is 6.00. The van der Waals surface area contributed by atoms with E-state index in [-0.39, 0.29) is 11.9 Å². The number of nitrogens with one attached hydrogen (secondary N) is 1. The van der Waals surface area contributed by atoms with E-state index in [1.165, 1.54) is 5.56 Å². The molecule has 1 unspecified atom stereocenters. The maximum atomic E-state index is 12.2. The van der Waals surface area contributed by atoms with E-state index in [0.717, 1.165) is 26.1 Å². The first-order valence-electron chi connectivity index (χ1n) is 7.38. The lowest BCUT2D eigenvalue weighted by molar-refractivity contribution is 0.0937. The van der Waals surface area contributed by atoms with Crippen LogP contribution in [-0.2, 0) is 6.54 Å². The van der Waals surface area contributed by atoms with Gasteiger partial charge in [0.1, 0.15) is 0 Å². The van der Waals surface area contributed by atoms with Crippen LogP contribution in [0.4, 0.5) is 0 Å². The number of halogens is 1. The Hall–Kier alpha value is -1.91. The Bertz CT molecular complexity index is 630. The molecule has 0 radical (unpaired) electrons. The van der Waals surface area contributed by atoms with Gasteiger partial charge >= 0.3 is 0 Å². The van der Waals surface area contributed by atoms with Gasteiger partial charge in [-0.1, -0.05) is 17.7 Å². The molecule has 1 aromatic carbocycles. The first-order chi connectivity index (χ1) is 10.7. The summed E-state index contributed by atoms with van der Waals surface area (Å²) >= 11 is 5.84. The van der Waals surface area contributed by atoms with Gasteiger partial charge in [0.15, 0.2) is 0 Å². The summed E-state index contributed by atoms with van der Waals surface area (Å²) in [5.74, 6) is -0.0371. The zero-order valence-corrected chi connectivity index (χ0v) is 13.0. The maximum Gasteiger partial charge on any atom is 0.251 e. The smallest absolute Gasteiger partial charge is 0.251 e. The minimum Gasteiger partial charge on any atom is -0.348 e. The van der Waals surface area contributed by atoms with Gasteiger partial charge in [-0.05, 0) is 42.3 Å². The first-order valence-corrected chi connectivity index (χ1v) is 7.76. The summed E-state index contributed by atoms with van der Waals surface area (Å²) in [6.07, 6.45) is 4.64. The third kappa shape index (κ3) is 3.84. The van der Waals surface area contributed by atoms with Gasteiger partial charge in [-0.2, -0.15) is 0 Å². The van der Waals surface area contributed by atoms with Crippen molar-refractivity contribution in [2.75, 3.05) is 13.1 Å². The van der Waals surface area contributed by atoms with E-state index < -0.39 is 0 Å². The molecule has 1 aliphatic rings. The molecule has 22 heavy (non-hydrogen) atoms. The highest BCUT2D eigenvalue weighted by Gasteiger charge is 2.24. The Morgan fingerprint density at radius 3 is 2.86 bits per heavy atom. The maximum absolute atomic E-state index is 12.2. The van der Waals surface area contributed by atoms with Crippen LogP contribution in [0.3, 0.4) is 0 Å². The van der Waals surface area contributed by atoms with Crippen molar-refractivity contribution in [2.24, 2.45) is 0 Å². The molecule has 1 atom stereocenters. The summed E-state index contributed by atoms with van der Waals surface area (Å²) in [5.41, 5.74) is 1.85. The van der Waals surface area contributed by atoms with Gasteiger partial charge < -0.3 is 5.32 Å². The zero-order valence-electron chi connectivity index (χ0n) is 12.2. The van der Waals surface area contributed by atoms with Crippen LogP contribution in [0.25, 0.3) is 0 Å². The van der Waals surface area contributed by atoms with Gasteiger partial charge in [0.05, 0.1) is 0 Å². The van der Waals surface area contributed by atoms with Crippen LogP contribution in [-0.4, -0.2) is 34.9 Å². The standard InChI is InChI=1S/C17H18ClN3O/c18-15-5-3-14(4-6-15)17(22)20-16-7-9-21(12-16)11-13-2-1-8-19-10-13/h1-6,8,10,16H,7,9,11-12H2,(H,20,22). The highest BCUT2D eigenvalue weighted by atomic mass is 35.5. The van der Waals surface area contributed by atoms with E-state index in [2.05, 4.69) is 21.3 Å². The molecule has 0 bridgehead atoms. The van der Waals surface area contributed by atoms with Crippen LogP contribution >= 0.6 is 11.6 Å². The summed E-state index contributed by atoms with van der Waals surface area (Å²) in [5, 5.41) is 3.73.